The topological polar surface area (TPSA) is 42.0 Å². The Bertz CT molecular complexity index is 617. The Morgan fingerprint density at radius 3 is 2.62 bits per heavy atom. The maximum Gasteiger partial charge on any atom is 0.257 e. The van der Waals surface area contributed by atoms with Crippen LogP contribution in [0.1, 0.15) is 54.1 Å². The van der Waals surface area contributed by atoms with Gasteiger partial charge in [0.1, 0.15) is 5.82 Å². The lowest BCUT2D eigenvalue weighted by atomic mass is 9.87. The molecule has 0 unspecified atom stereocenters. The number of nitrogens with zero attached hydrogens (tertiary/aromatic N) is 1. The number of hydrogen-bond acceptors (Lipinski definition) is 3. The van der Waals surface area contributed by atoms with Crippen molar-refractivity contribution in [3.05, 3.63) is 46.7 Å². The molecule has 0 radical (unpaired) electrons. The molecule has 1 aromatic carbocycles. The lowest BCUT2D eigenvalue weighted by Crippen LogP contribution is -2.12. The van der Waals surface area contributed by atoms with Crippen molar-refractivity contribution in [1.29, 1.82) is 0 Å². The Balaban J connectivity index is 1.66. The molecule has 1 N–H and O–H groups in total. The lowest BCUT2D eigenvalue weighted by molar-refractivity contribution is 0.102. The van der Waals surface area contributed by atoms with E-state index in [0.717, 1.165) is 5.69 Å². The number of amides is 1. The van der Waals surface area contributed by atoms with Gasteiger partial charge in [-0.25, -0.2) is 9.37 Å². The second-order valence-corrected chi connectivity index (χ2v) is 6.23. The molecule has 1 aromatic heterocycles. The molecular weight excluding hydrogens is 287 g/mol. The quantitative estimate of drug-likeness (QED) is 0.901. The third kappa shape index (κ3) is 3.47. The number of hydrogen-bond donors (Lipinski definition) is 1. The van der Waals surface area contributed by atoms with E-state index in [2.05, 4.69) is 10.3 Å². The standard InChI is InChI=1S/C16H17FN2OS/c17-13-8-6-12(7-9-13)15(20)19-16-18-14(10-21-16)11-4-2-1-3-5-11/h6-11H,1-5H2,(H,18,19,20). The summed E-state index contributed by atoms with van der Waals surface area (Å²) in [5.41, 5.74) is 1.53. The van der Waals surface area contributed by atoms with Crippen molar-refractivity contribution in [2.24, 2.45) is 0 Å². The first-order valence-electron chi connectivity index (χ1n) is 7.25. The van der Waals surface area contributed by atoms with Gasteiger partial charge in [-0.15, -0.1) is 11.3 Å². The van der Waals surface area contributed by atoms with E-state index in [-0.39, 0.29) is 11.7 Å². The summed E-state index contributed by atoms with van der Waals surface area (Å²) in [5, 5.41) is 5.44. The number of rotatable bonds is 3. The SMILES string of the molecule is O=C(Nc1nc(C2CCCCC2)cs1)c1ccc(F)cc1. The van der Waals surface area contributed by atoms with Crippen LogP contribution in [-0.4, -0.2) is 10.9 Å². The predicted molar refractivity (Wildman–Crippen MR) is 82.3 cm³/mol. The fourth-order valence-electron chi connectivity index (χ4n) is 2.70. The third-order valence-electron chi connectivity index (χ3n) is 3.87. The zero-order valence-electron chi connectivity index (χ0n) is 11.6. The minimum absolute atomic E-state index is 0.250. The molecule has 1 heterocycles. The van der Waals surface area contributed by atoms with Gasteiger partial charge >= 0.3 is 0 Å². The van der Waals surface area contributed by atoms with E-state index in [9.17, 15) is 9.18 Å². The molecule has 1 aliphatic rings. The summed E-state index contributed by atoms with van der Waals surface area (Å²) in [6.45, 7) is 0. The van der Waals surface area contributed by atoms with Crippen LogP contribution < -0.4 is 5.32 Å². The second kappa shape index (κ2) is 6.35. The van der Waals surface area contributed by atoms with E-state index in [0.29, 0.717) is 16.6 Å². The molecule has 21 heavy (non-hydrogen) atoms. The lowest BCUT2D eigenvalue weighted by Gasteiger charge is -2.19. The van der Waals surface area contributed by atoms with Crippen LogP contribution in [0.15, 0.2) is 29.6 Å². The molecular formula is C16H17FN2OS. The Morgan fingerprint density at radius 1 is 1.19 bits per heavy atom. The summed E-state index contributed by atoms with van der Waals surface area (Å²) in [6, 6.07) is 5.51. The van der Waals surface area contributed by atoms with Gasteiger partial charge in [-0.3, -0.25) is 10.1 Å². The van der Waals surface area contributed by atoms with E-state index in [1.165, 1.54) is 67.7 Å². The minimum Gasteiger partial charge on any atom is -0.298 e. The summed E-state index contributed by atoms with van der Waals surface area (Å²) >= 11 is 1.45. The number of nitrogens with one attached hydrogen (secondary N) is 1. The van der Waals surface area contributed by atoms with Crippen LogP contribution in [0, 0.1) is 5.82 Å². The van der Waals surface area contributed by atoms with Crippen LogP contribution in [-0.2, 0) is 0 Å². The molecule has 3 rings (SSSR count). The molecule has 0 spiro atoms. The summed E-state index contributed by atoms with van der Waals surface area (Å²) in [7, 11) is 0. The average Bonchev–Trinajstić information content (AvgIpc) is 2.97. The third-order valence-corrected chi connectivity index (χ3v) is 4.65. The van der Waals surface area contributed by atoms with Crippen molar-refractivity contribution >= 4 is 22.4 Å². The van der Waals surface area contributed by atoms with Crippen molar-refractivity contribution in [2.45, 2.75) is 38.0 Å². The zero-order valence-corrected chi connectivity index (χ0v) is 12.5. The van der Waals surface area contributed by atoms with Gasteiger partial charge in [0, 0.05) is 16.9 Å². The maximum atomic E-state index is 12.8. The first-order chi connectivity index (χ1) is 10.2. The molecule has 1 fully saturated rings. The molecule has 0 atom stereocenters. The Morgan fingerprint density at radius 2 is 1.90 bits per heavy atom. The minimum atomic E-state index is -0.347. The van der Waals surface area contributed by atoms with Crippen LogP contribution in [0.3, 0.4) is 0 Å². The van der Waals surface area contributed by atoms with Gasteiger partial charge in [-0.2, -0.15) is 0 Å². The van der Waals surface area contributed by atoms with E-state index >= 15 is 0 Å². The average molecular weight is 304 g/mol. The second-order valence-electron chi connectivity index (χ2n) is 5.37. The van der Waals surface area contributed by atoms with Gasteiger partial charge in [-0.05, 0) is 37.1 Å². The smallest absolute Gasteiger partial charge is 0.257 e. The molecule has 2 aromatic rings. The molecule has 1 amide bonds. The van der Waals surface area contributed by atoms with Gasteiger partial charge in [0.2, 0.25) is 0 Å². The number of benzene rings is 1. The van der Waals surface area contributed by atoms with Crippen molar-refractivity contribution < 1.29 is 9.18 Å². The molecule has 1 aliphatic carbocycles. The normalized spacial score (nSPS) is 15.9. The van der Waals surface area contributed by atoms with Crippen LogP contribution in [0.2, 0.25) is 0 Å². The molecule has 3 nitrogen and oxygen atoms in total. The molecule has 0 aliphatic heterocycles. The number of thiazole rings is 1. The van der Waals surface area contributed by atoms with Crippen molar-refractivity contribution in [3.63, 3.8) is 0 Å². The van der Waals surface area contributed by atoms with Gasteiger partial charge in [0.25, 0.3) is 5.91 Å². The highest BCUT2D eigenvalue weighted by Gasteiger charge is 2.18. The number of carbonyl (C=O) groups is 1. The fourth-order valence-corrected chi connectivity index (χ4v) is 3.49. The fraction of sp³-hybridized carbons (Fsp3) is 0.375. The van der Waals surface area contributed by atoms with Gasteiger partial charge in [-0.1, -0.05) is 19.3 Å². The summed E-state index contributed by atoms with van der Waals surface area (Å²) in [5.74, 6) is -0.0635. The number of anilines is 1. The zero-order chi connectivity index (χ0) is 14.7. The summed E-state index contributed by atoms with van der Waals surface area (Å²) in [6.07, 6.45) is 6.22. The highest BCUT2D eigenvalue weighted by molar-refractivity contribution is 7.14. The highest BCUT2D eigenvalue weighted by Crippen LogP contribution is 2.34. The van der Waals surface area contributed by atoms with E-state index in [4.69, 9.17) is 0 Å². The number of carbonyl (C=O) groups excluding carboxylic acids is 1. The van der Waals surface area contributed by atoms with E-state index in [1.54, 1.807) is 0 Å². The van der Waals surface area contributed by atoms with Crippen LogP contribution >= 0.6 is 11.3 Å². The van der Waals surface area contributed by atoms with Crippen molar-refractivity contribution in [1.82, 2.24) is 4.98 Å². The summed E-state index contributed by atoms with van der Waals surface area (Å²) < 4.78 is 12.8. The molecule has 110 valence electrons. The Kier molecular flexibility index (Phi) is 4.29. The van der Waals surface area contributed by atoms with Crippen LogP contribution in [0.4, 0.5) is 9.52 Å². The monoisotopic (exact) mass is 304 g/mol. The van der Waals surface area contributed by atoms with Gasteiger partial charge < -0.3 is 0 Å². The Labute approximate surface area is 127 Å². The van der Waals surface area contributed by atoms with Crippen LogP contribution in [0.25, 0.3) is 0 Å². The molecule has 0 bridgehead atoms. The molecule has 5 heteroatoms. The van der Waals surface area contributed by atoms with E-state index in [1.807, 2.05) is 5.38 Å². The molecule has 0 saturated heterocycles. The summed E-state index contributed by atoms with van der Waals surface area (Å²) in [4.78, 5) is 16.6. The van der Waals surface area contributed by atoms with Crippen molar-refractivity contribution in [3.8, 4) is 0 Å². The van der Waals surface area contributed by atoms with Gasteiger partial charge in [0.15, 0.2) is 5.13 Å². The first-order valence-corrected chi connectivity index (χ1v) is 8.13. The first kappa shape index (κ1) is 14.2. The number of aromatic nitrogens is 1. The van der Waals surface area contributed by atoms with Crippen molar-refractivity contribution in [2.75, 3.05) is 5.32 Å². The Hall–Kier alpha value is -1.75. The number of halogens is 1. The predicted octanol–water partition coefficient (Wildman–Crippen LogP) is 4.58. The molecule has 1 saturated carbocycles. The maximum absolute atomic E-state index is 12.8. The van der Waals surface area contributed by atoms with Crippen LogP contribution in [0.5, 0.6) is 0 Å². The van der Waals surface area contributed by atoms with E-state index < -0.39 is 0 Å². The highest BCUT2D eigenvalue weighted by atomic mass is 32.1. The van der Waals surface area contributed by atoms with Gasteiger partial charge in [0.05, 0.1) is 5.69 Å². The largest absolute Gasteiger partial charge is 0.298 e.